The number of carbonyl (C=O) groups excluding carboxylic acids is 1. The number of carbonyl (C=O) groups is 1. The molecule has 0 fully saturated rings. The molecular formula is C19H14FNO. The molecule has 0 spiro atoms. The van der Waals surface area contributed by atoms with Gasteiger partial charge in [0.15, 0.2) is 5.78 Å². The Morgan fingerprint density at radius 1 is 0.909 bits per heavy atom. The lowest BCUT2D eigenvalue weighted by Gasteiger charge is -2.11. The molecule has 3 aromatic rings. The number of pyridine rings is 1. The predicted octanol–water partition coefficient (Wildman–Crippen LogP) is 4.76. The molecule has 3 rings (SSSR count). The number of aromatic nitrogens is 1. The Morgan fingerprint density at radius 3 is 2.32 bits per heavy atom. The maximum Gasteiger partial charge on any atom is 0.160 e. The van der Waals surface area contributed by atoms with Gasteiger partial charge in [0.25, 0.3) is 0 Å². The van der Waals surface area contributed by atoms with Gasteiger partial charge in [-0.15, -0.1) is 0 Å². The summed E-state index contributed by atoms with van der Waals surface area (Å²) in [5, 5.41) is 0. The third kappa shape index (κ3) is 2.66. The van der Waals surface area contributed by atoms with Gasteiger partial charge >= 0.3 is 0 Å². The predicted molar refractivity (Wildman–Crippen MR) is 85.1 cm³/mol. The summed E-state index contributed by atoms with van der Waals surface area (Å²) in [6.45, 7) is 1.53. The van der Waals surface area contributed by atoms with E-state index < -0.39 is 0 Å². The highest BCUT2D eigenvalue weighted by Gasteiger charge is 2.12. The van der Waals surface area contributed by atoms with E-state index in [1.165, 1.54) is 13.0 Å². The summed E-state index contributed by atoms with van der Waals surface area (Å²) in [5.41, 5.74) is 3.56. The van der Waals surface area contributed by atoms with Crippen molar-refractivity contribution >= 4 is 5.78 Å². The summed E-state index contributed by atoms with van der Waals surface area (Å²) in [7, 11) is 0. The van der Waals surface area contributed by atoms with Crippen molar-refractivity contribution in [3.8, 4) is 22.3 Å². The van der Waals surface area contributed by atoms with E-state index in [0.29, 0.717) is 11.1 Å². The maximum atomic E-state index is 14.0. The standard InChI is InChI=1S/C19H14FNO/c1-13(22)16-7-6-15(17-4-2-3-5-19(17)20)12-18(16)14-8-10-21-11-9-14/h2-12H,1H3. The van der Waals surface area contributed by atoms with Crippen molar-refractivity contribution in [2.45, 2.75) is 6.92 Å². The minimum absolute atomic E-state index is 0.0214. The number of benzene rings is 2. The zero-order valence-corrected chi connectivity index (χ0v) is 12.1. The Labute approximate surface area is 128 Å². The molecule has 0 aliphatic heterocycles. The van der Waals surface area contributed by atoms with E-state index >= 15 is 0 Å². The number of halogens is 1. The van der Waals surface area contributed by atoms with Gasteiger partial charge in [-0.25, -0.2) is 4.39 Å². The first kappa shape index (κ1) is 14.1. The zero-order valence-electron chi connectivity index (χ0n) is 12.1. The van der Waals surface area contributed by atoms with E-state index in [9.17, 15) is 9.18 Å². The first-order valence-corrected chi connectivity index (χ1v) is 6.97. The van der Waals surface area contributed by atoms with Gasteiger partial charge in [-0.1, -0.05) is 30.3 Å². The fraction of sp³-hybridized carbons (Fsp3) is 0.0526. The van der Waals surface area contributed by atoms with Gasteiger partial charge in [0.1, 0.15) is 5.82 Å². The summed E-state index contributed by atoms with van der Waals surface area (Å²) in [5.74, 6) is -0.300. The molecule has 1 heterocycles. The quantitative estimate of drug-likeness (QED) is 0.651. The first-order valence-electron chi connectivity index (χ1n) is 6.97. The van der Waals surface area contributed by atoms with E-state index in [-0.39, 0.29) is 11.6 Å². The molecule has 3 heteroatoms. The van der Waals surface area contributed by atoms with Gasteiger partial charge in [-0.3, -0.25) is 9.78 Å². The summed E-state index contributed by atoms with van der Waals surface area (Å²) in [4.78, 5) is 15.9. The molecule has 22 heavy (non-hydrogen) atoms. The molecule has 0 atom stereocenters. The van der Waals surface area contributed by atoms with Crippen LogP contribution in [0, 0.1) is 5.82 Å². The minimum Gasteiger partial charge on any atom is -0.294 e. The van der Waals surface area contributed by atoms with Crippen LogP contribution in [0.3, 0.4) is 0 Å². The molecule has 0 aliphatic carbocycles. The highest BCUT2D eigenvalue weighted by molar-refractivity contribution is 6.01. The van der Waals surface area contributed by atoms with Crippen molar-refractivity contribution in [1.82, 2.24) is 4.98 Å². The van der Waals surface area contributed by atoms with Crippen molar-refractivity contribution in [2.24, 2.45) is 0 Å². The van der Waals surface area contributed by atoms with E-state index in [1.807, 2.05) is 18.2 Å². The van der Waals surface area contributed by atoms with Crippen LogP contribution in [0.1, 0.15) is 17.3 Å². The molecular weight excluding hydrogens is 277 g/mol. The Bertz CT molecular complexity index is 828. The highest BCUT2D eigenvalue weighted by Crippen LogP contribution is 2.30. The third-order valence-electron chi connectivity index (χ3n) is 3.58. The van der Waals surface area contributed by atoms with Crippen LogP contribution in [0.15, 0.2) is 67.0 Å². The van der Waals surface area contributed by atoms with Crippen molar-refractivity contribution < 1.29 is 9.18 Å². The summed E-state index contributed by atoms with van der Waals surface area (Å²) >= 11 is 0. The third-order valence-corrected chi connectivity index (χ3v) is 3.58. The van der Waals surface area contributed by atoms with Gasteiger partial charge in [-0.2, -0.15) is 0 Å². The van der Waals surface area contributed by atoms with Crippen LogP contribution in [0.2, 0.25) is 0 Å². The Kier molecular flexibility index (Phi) is 3.79. The number of rotatable bonds is 3. The van der Waals surface area contributed by atoms with Crippen molar-refractivity contribution in [3.05, 3.63) is 78.4 Å². The number of ketones is 1. The lowest BCUT2D eigenvalue weighted by molar-refractivity contribution is 0.101. The Morgan fingerprint density at radius 2 is 1.64 bits per heavy atom. The monoisotopic (exact) mass is 291 g/mol. The molecule has 108 valence electrons. The van der Waals surface area contributed by atoms with E-state index in [0.717, 1.165) is 16.7 Å². The van der Waals surface area contributed by atoms with E-state index in [4.69, 9.17) is 0 Å². The average molecular weight is 291 g/mol. The Balaban J connectivity index is 2.21. The highest BCUT2D eigenvalue weighted by atomic mass is 19.1. The second-order valence-corrected chi connectivity index (χ2v) is 5.03. The molecule has 1 aromatic heterocycles. The summed E-state index contributed by atoms with van der Waals surface area (Å²) < 4.78 is 14.0. The molecule has 0 bridgehead atoms. The number of nitrogens with zero attached hydrogens (tertiary/aromatic N) is 1. The first-order chi connectivity index (χ1) is 10.7. The van der Waals surface area contributed by atoms with Crippen LogP contribution < -0.4 is 0 Å². The lowest BCUT2D eigenvalue weighted by atomic mass is 9.93. The van der Waals surface area contributed by atoms with Crippen LogP contribution >= 0.6 is 0 Å². The molecule has 0 aliphatic rings. The fourth-order valence-electron chi connectivity index (χ4n) is 2.48. The average Bonchev–Trinajstić information content (AvgIpc) is 2.55. The van der Waals surface area contributed by atoms with Gasteiger partial charge in [0, 0.05) is 23.5 Å². The van der Waals surface area contributed by atoms with Gasteiger partial charge in [0.05, 0.1) is 0 Å². The molecule has 0 N–H and O–H groups in total. The molecule has 0 saturated carbocycles. The van der Waals surface area contributed by atoms with Crippen LogP contribution in [0.5, 0.6) is 0 Å². The fourth-order valence-corrected chi connectivity index (χ4v) is 2.48. The molecule has 0 radical (unpaired) electrons. The molecule has 0 unspecified atom stereocenters. The smallest absolute Gasteiger partial charge is 0.160 e. The number of hydrogen-bond acceptors (Lipinski definition) is 2. The summed E-state index contributed by atoms with van der Waals surface area (Å²) in [6, 6.07) is 15.7. The van der Waals surface area contributed by atoms with Crippen LogP contribution in [-0.2, 0) is 0 Å². The number of Topliss-reactive ketones (excluding diaryl/α,β-unsaturated/α-hetero) is 1. The second-order valence-electron chi connectivity index (χ2n) is 5.03. The lowest BCUT2D eigenvalue weighted by Crippen LogP contribution is -1.97. The van der Waals surface area contributed by atoms with Gasteiger partial charge in [-0.05, 0) is 47.9 Å². The van der Waals surface area contributed by atoms with Crippen molar-refractivity contribution in [3.63, 3.8) is 0 Å². The number of hydrogen-bond donors (Lipinski definition) is 0. The topological polar surface area (TPSA) is 30.0 Å². The van der Waals surface area contributed by atoms with Crippen LogP contribution in [0.4, 0.5) is 4.39 Å². The zero-order chi connectivity index (χ0) is 15.5. The molecule has 2 aromatic carbocycles. The summed E-state index contributed by atoms with van der Waals surface area (Å²) in [6.07, 6.45) is 3.35. The van der Waals surface area contributed by atoms with Gasteiger partial charge < -0.3 is 0 Å². The second kappa shape index (κ2) is 5.90. The molecule has 2 nitrogen and oxygen atoms in total. The van der Waals surface area contributed by atoms with Crippen LogP contribution in [-0.4, -0.2) is 10.8 Å². The van der Waals surface area contributed by atoms with E-state index in [1.54, 1.807) is 42.7 Å². The molecule has 0 amide bonds. The maximum absolute atomic E-state index is 14.0. The van der Waals surface area contributed by atoms with Crippen molar-refractivity contribution in [2.75, 3.05) is 0 Å². The van der Waals surface area contributed by atoms with Crippen molar-refractivity contribution in [1.29, 1.82) is 0 Å². The van der Waals surface area contributed by atoms with Crippen LogP contribution in [0.25, 0.3) is 22.3 Å². The molecule has 0 saturated heterocycles. The SMILES string of the molecule is CC(=O)c1ccc(-c2ccccc2F)cc1-c1ccncc1. The normalized spacial score (nSPS) is 10.5. The minimum atomic E-state index is -0.279. The largest absolute Gasteiger partial charge is 0.294 e. The Hall–Kier alpha value is -2.81. The van der Waals surface area contributed by atoms with E-state index in [2.05, 4.69) is 4.98 Å². The van der Waals surface area contributed by atoms with Gasteiger partial charge in [0.2, 0.25) is 0 Å².